The topological polar surface area (TPSA) is 87.2 Å². The summed E-state index contributed by atoms with van der Waals surface area (Å²) >= 11 is 5.98. The number of carboxylic acids is 1. The highest BCUT2D eigenvalue weighted by Gasteiger charge is 2.55. The number of benzene rings is 2. The summed E-state index contributed by atoms with van der Waals surface area (Å²) < 4.78 is 6.10. The van der Waals surface area contributed by atoms with Gasteiger partial charge in [-0.2, -0.15) is 5.10 Å². The third kappa shape index (κ3) is 1.99. The van der Waals surface area contributed by atoms with Gasteiger partial charge in [0.25, 0.3) is 0 Å². The van der Waals surface area contributed by atoms with Crippen molar-refractivity contribution in [3.05, 3.63) is 64.7 Å². The van der Waals surface area contributed by atoms with Gasteiger partial charge in [-0.05, 0) is 18.2 Å². The van der Waals surface area contributed by atoms with Gasteiger partial charge >= 0.3 is 5.97 Å². The summed E-state index contributed by atoms with van der Waals surface area (Å²) in [5.74, 6) is 0.0482. The lowest BCUT2D eigenvalue weighted by atomic mass is 9.78. The van der Waals surface area contributed by atoms with Crippen LogP contribution in [0.25, 0.3) is 11.3 Å². The predicted molar refractivity (Wildman–Crippen MR) is 96.4 cm³/mol. The molecule has 0 saturated heterocycles. The van der Waals surface area contributed by atoms with Crippen LogP contribution in [0.1, 0.15) is 23.6 Å². The van der Waals surface area contributed by atoms with E-state index in [1.165, 1.54) is 0 Å². The Bertz CT molecular complexity index is 1030. The first-order chi connectivity index (χ1) is 12.6. The Hall–Kier alpha value is -2.99. The number of carbonyl (C=O) groups is 1. The van der Waals surface area contributed by atoms with Crippen molar-refractivity contribution in [3.63, 3.8) is 0 Å². The highest BCUT2D eigenvalue weighted by molar-refractivity contribution is 6.30. The van der Waals surface area contributed by atoms with Crippen LogP contribution in [-0.4, -0.2) is 21.3 Å². The maximum atomic E-state index is 12.4. The molecule has 0 radical (unpaired) electrons. The molecule has 3 N–H and O–H groups in total. The van der Waals surface area contributed by atoms with E-state index in [0.29, 0.717) is 27.8 Å². The minimum atomic E-state index is -1.50. The van der Waals surface area contributed by atoms with Gasteiger partial charge in [-0.1, -0.05) is 41.9 Å². The average Bonchev–Trinajstić information content (AvgIpc) is 3.07. The fraction of sp³-hybridized carbons (Fsp3) is 0.158. The summed E-state index contributed by atoms with van der Waals surface area (Å²) in [6.45, 7) is 0. The van der Waals surface area contributed by atoms with E-state index in [-0.39, 0.29) is 12.5 Å². The average molecular weight is 368 g/mol. The zero-order chi connectivity index (χ0) is 17.9. The van der Waals surface area contributed by atoms with Gasteiger partial charge in [-0.25, -0.2) is 4.79 Å². The summed E-state index contributed by atoms with van der Waals surface area (Å²) in [5.41, 5.74) is 1.36. The predicted octanol–water partition coefficient (Wildman–Crippen LogP) is 3.96. The standard InChI is InChI=1S/C19H14ClN3O3/c20-11-7-5-10(6-8-11)16-15-17(23-22-16)21-13-9-19(15,18(24)25)26-14-4-2-1-3-12(13)14/h1-8,13H,9H2,(H,24,25)(H2,21,22,23). The van der Waals surface area contributed by atoms with E-state index in [1.807, 2.05) is 30.3 Å². The van der Waals surface area contributed by atoms with Gasteiger partial charge in [0.15, 0.2) is 5.82 Å². The van der Waals surface area contributed by atoms with E-state index in [0.717, 1.165) is 11.1 Å². The van der Waals surface area contributed by atoms with Crippen LogP contribution in [0.4, 0.5) is 5.82 Å². The number of aliphatic carboxylic acids is 1. The number of para-hydroxylation sites is 1. The molecule has 0 fully saturated rings. The lowest BCUT2D eigenvalue weighted by molar-refractivity contribution is -0.159. The lowest BCUT2D eigenvalue weighted by Crippen LogP contribution is -2.49. The molecule has 0 aliphatic carbocycles. The third-order valence-corrected chi connectivity index (χ3v) is 5.28. The van der Waals surface area contributed by atoms with Crippen LogP contribution in [0.15, 0.2) is 48.5 Å². The van der Waals surface area contributed by atoms with Gasteiger partial charge in [-0.3, -0.25) is 5.10 Å². The molecule has 2 unspecified atom stereocenters. The number of carboxylic acid groups (broad SMARTS) is 1. The first-order valence-corrected chi connectivity index (χ1v) is 8.59. The van der Waals surface area contributed by atoms with Crippen LogP contribution in [-0.2, 0) is 10.4 Å². The number of fused-ring (bicyclic) bond motifs is 6. The maximum absolute atomic E-state index is 12.4. The summed E-state index contributed by atoms with van der Waals surface area (Å²) in [6.07, 6.45) is 0.284. The molecule has 6 nitrogen and oxygen atoms in total. The Kier molecular flexibility index (Phi) is 3.09. The molecule has 1 aromatic heterocycles. The Morgan fingerprint density at radius 3 is 2.77 bits per heavy atom. The zero-order valence-corrected chi connectivity index (χ0v) is 14.2. The van der Waals surface area contributed by atoms with Crippen molar-refractivity contribution >= 4 is 23.4 Å². The second-order valence-corrected chi connectivity index (χ2v) is 6.94. The summed E-state index contributed by atoms with van der Waals surface area (Å²) in [5, 5.41) is 21.4. The van der Waals surface area contributed by atoms with Crippen molar-refractivity contribution in [3.8, 4) is 17.0 Å². The molecule has 2 aliphatic rings. The number of H-pyrrole nitrogens is 1. The smallest absolute Gasteiger partial charge is 0.353 e. The van der Waals surface area contributed by atoms with Crippen molar-refractivity contribution in [2.24, 2.45) is 0 Å². The van der Waals surface area contributed by atoms with Crippen LogP contribution in [0, 0.1) is 0 Å². The van der Waals surface area contributed by atoms with Crippen LogP contribution in [0.5, 0.6) is 5.75 Å². The number of nitrogens with one attached hydrogen (secondary N) is 2. The van der Waals surface area contributed by atoms with E-state index >= 15 is 0 Å². The number of aromatic nitrogens is 2. The molecule has 130 valence electrons. The van der Waals surface area contributed by atoms with Crippen molar-refractivity contribution in [1.29, 1.82) is 0 Å². The Morgan fingerprint density at radius 2 is 2.00 bits per heavy atom. The quantitative estimate of drug-likeness (QED) is 0.638. The first kappa shape index (κ1) is 15.3. The molecule has 5 rings (SSSR count). The van der Waals surface area contributed by atoms with Gasteiger partial charge in [0.05, 0.1) is 17.3 Å². The van der Waals surface area contributed by atoms with Crippen LogP contribution >= 0.6 is 11.6 Å². The molecule has 2 atom stereocenters. The fourth-order valence-corrected chi connectivity index (χ4v) is 3.96. The number of hydrogen-bond donors (Lipinski definition) is 3. The minimum absolute atomic E-state index is 0.176. The second kappa shape index (κ2) is 5.25. The van der Waals surface area contributed by atoms with Gasteiger partial charge in [-0.15, -0.1) is 0 Å². The van der Waals surface area contributed by atoms with E-state index < -0.39 is 11.6 Å². The highest BCUT2D eigenvalue weighted by Crippen LogP contribution is 2.53. The number of anilines is 1. The molecule has 3 aromatic rings. The van der Waals surface area contributed by atoms with E-state index in [1.54, 1.807) is 18.2 Å². The SMILES string of the molecule is O=C(O)C12CC(Nc3n[nH]c(-c4ccc(Cl)cc4)c31)c1ccccc1O2. The molecule has 2 aromatic carbocycles. The van der Waals surface area contributed by atoms with Gasteiger partial charge < -0.3 is 15.2 Å². The Morgan fingerprint density at radius 1 is 1.23 bits per heavy atom. The van der Waals surface area contributed by atoms with E-state index in [2.05, 4.69) is 15.5 Å². The fourth-order valence-electron chi connectivity index (χ4n) is 3.84. The van der Waals surface area contributed by atoms with Crippen molar-refractivity contribution in [1.82, 2.24) is 10.2 Å². The molecule has 0 amide bonds. The number of halogens is 1. The molecular formula is C19H14ClN3O3. The zero-order valence-electron chi connectivity index (χ0n) is 13.5. The highest BCUT2D eigenvalue weighted by atomic mass is 35.5. The van der Waals surface area contributed by atoms with Crippen molar-refractivity contribution < 1.29 is 14.6 Å². The van der Waals surface area contributed by atoms with Crippen LogP contribution in [0.3, 0.4) is 0 Å². The molecule has 0 saturated carbocycles. The molecule has 26 heavy (non-hydrogen) atoms. The molecular weight excluding hydrogens is 354 g/mol. The number of hydrogen-bond acceptors (Lipinski definition) is 4. The molecule has 0 spiro atoms. The number of aromatic amines is 1. The Balaban J connectivity index is 1.73. The first-order valence-electron chi connectivity index (χ1n) is 8.21. The molecule has 2 aliphatic heterocycles. The minimum Gasteiger partial charge on any atom is -0.478 e. The number of ether oxygens (including phenoxy) is 1. The van der Waals surface area contributed by atoms with E-state index in [4.69, 9.17) is 16.3 Å². The van der Waals surface area contributed by atoms with Crippen molar-refractivity contribution in [2.45, 2.75) is 18.1 Å². The van der Waals surface area contributed by atoms with Crippen LogP contribution < -0.4 is 10.1 Å². The van der Waals surface area contributed by atoms with Gasteiger partial charge in [0, 0.05) is 22.6 Å². The second-order valence-electron chi connectivity index (χ2n) is 6.50. The maximum Gasteiger partial charge on any atom is 0.353 e. The summed E-state index contributed by atoms with van der Waals surface area (Å²) in [6, 6.07) is 14.5. The largest absolute Gasteiger partial charge is 0.478 e. The van der Waals surface area contributed by atoms with Gasteiger partial charge in [0.2, 0.25) is 5.60 Å². The monoisotopic (exact) mass is 367 g/mol. The van der Waals surface area contributed by atoms with Gasteiger partial charge in [0.1, 0.15) is 5.75 Å². The molecule has 3 heterocycles. The summed E-state index contributed by atoms with van der Waals surface area (Å²) in [7, 11) is 0. The van der Waals surface area contributed by atoms with E-state index in [9.17, 15) is 9.90 Å². The summed E-state index contributed by atoms with van der Waals surface area (Å²) in [4.78, 5) is 12.4. The molecule has 2 bridgehead atoms. The van der Waals surface area contributed by atoms with Crippen molar-refractivity contribution in [2.75, 3.05) is 5.32 Å². The lowest BCUT2D eigenvalue weighted by Gasteiger charge is -2.43. The molecule has 7 heteroatoms. The van der Waals surface area contributed by atoms with Crippen LogP contribution in [0.2, 0.25) is 5.02 Å². The normalized spacial score (nSPS) is 22.6. The number of rotatable bonds is 2. The Labute approximate surface area is 153 Å². The third-order valence-electron chi connectivity index (χ3n) is 5.03. The number of nitrogens with zero attached hydrogens (tertiary/aromatic N) is 1.